The molecule has 0 saturated heterocycles. The van der Waals surface area contributed by atoms with Crippen molar-refractivity contribution in [2.24, 2.45) is 0 Å². The number of carbonyl (C=O) groups is 1. The molecule has 1 atom stereocenters. The van der Waals surface area contributed by atoms with Gasteiger partial charge in [-0.3, -0.25) is 4.79 Å². The van der Waals surface area contributed by atoms with Crippen LogP contribution in [0.1, 0.15) is 23.7 Å². The molecular weight excluding hydrogens is 300 g/mol. The van der Waals surface area contributed by atoms with Gasteiger partial charge < -0.3 is 0 Å². The molecule has 0 heterocycles. The van der Waals surface area contributed by atoms with E-state index in [0.29, 0.717) is 17.9 Å². The highest BCUT2D eigenvalue weighted by Gasteiger charge is 2.21. The fourth-order valence-electron chi connectivity index (χ4n) is 1.97. The van der Waals surface area contributed by atoms with E-state index in [1.165, 1.54) is 0 Å². The molecule has 0 saturated carbocycles. The molecule has 0 radical (unpaired) electrons. The summed E-state index contributed by atoms with van der Waals surface area (Å²) in [5.41, 5.74) is 0.988. The van der Waals surface area contributed by atoms with E-state index in [9.17, 15) is 4.79 Å². The zero-order valence-corrected chi connectivity index (χ0v) is 13.2. The van der Waals surface area contributed by atoms with Crippen molar-refractivity contribution in [1.29, 1.82) is 0 Å². The Morgan fingerprint density at radius 2 is 1.81 bits per heavy atom. The summed E-state index contributed by atoms with van der Waals surface area (Å²) in [6, 6.07) is 17.5. The molecule has 2 aromatic carbocycles. The highest BCUT2D eigenvalue weighted by Crippen LogP contribution is 2.37. The van der Waals surface area contributed by atoms with E-state index in [4.69, 9.17) is 11.6 Å². The number of halogens is 1. The lowest BCUT2D eigenvalue weighted by molar-refractivity contribution is -0.118. The molecule has 1 nitrogen and oxygen atoms in total. The van der Waals surface area contributed by atoms with Gasteiger partial charge in [0.1, 0.15) is 0 Å². The minimum atomic E-state index is -0.204. The summed E-state index contributed by atoms with van der Waals surface area (Å²) in [5.74, 6) is 0.214. The van der Waals surface area contributed by atoms with E-state index in [-0.39, 0.29) is 11.0 Å². The van der Waals surface area contributed by atoms with Crippen molar-refractivity contribution in [3.63, 3.8) is 0 Å². The van der Waals surface area contributed by atoms with Crippen LogP contribution in [0.5, 0.6) is 0 Å². The first kappa shape index (κ1) is 15.9. The van der Waals surface area contributed by atoms with Crippen molar-refractivity contribution >= 4 is 29.1 Å². The Balaban J connectivity index is 2.23. The van der Waals surface area contributed by atoms with Crippen molar-refractivity contribution in [2.45, 2.75) is 23.0 Å². The third kappa shape index (κ3) is 4.76. The number of benzene rings is 2. The molecule has 0 spiro atoms. The third-order valence-corrected chi connectivity index (χ3v) is 4.62. The lowest BCUT2D eigenvalue weighted by Crippen LogP contribution is -2.09. The second-order valence-electron chi connectivity index (χ2n) is 4.66. The van der Waals surface area contributed by atoms with Gasteiger partial charge in [-0.25, -0.2) is 0 Å². The SMILES string of the molecule is C=CCCC(=O)C(Sc1ccccc1)c1ccc(Cl)cc1. The maximum Gasteiger partial charge on any atom is 0.150 e. The third-order valence-electron chi connectivity index (χ3n) is 3.06. The number of thioether (sulfide) groups is 1. The maximum absolute atomic E-state index is 12.5. The van der Waals surface area contributed by atoms with Crippen LogP contribution in [0.3, 0.4) is 0 Å². The summed E-state index contributed by atoms with van der Waals surface area (Å²) < 4.78 is 0. The Morgan fingerprint density at radius 3 is 2.43 bits per heavy atom. The Kier molecular flexibility index (Phi) is 6.09. The highest BCUT2D eigenvalue weighted by molar-refractivity contribution is 8.00. The summed E-state index contributed by atoms with van der Waals surface area (Å²) in [7, 11) is 0. The molecule has 0 bridgehead atoms. The van der Waals surface area contributed by atoms with Gasteiger partial charge in [0, 0.05) is 16.3 Å². The van der Waals surface area contributed by atoms with Crippen molar-refractivity contribution in [3.8, 4) is 0 Å². The Labute approximate surface area is 135 Å². The van der Waals surface area contributed by atoms with Crippen LogP contribution >= 0.6 is 23.4 Å². The zero-order chi connectivity index (χ0) is 15.1. The minimum absolute atomic E-state index is 0.204. The van der Waals surface area contributed by atoms with Crippen LogP contribution < -0.4 is 0 Å². The average Bonchev–Trinajstić information content (AvgIpc) is 2.52. The highest BCUT2D eigenvalue weighted by atomic mass is 35.5. The molecule has 21 heavy (non-hydrogen) atoms. The van der Waals surface area contributed by atoms with E-state index in [0.717, 1.165) is 10.5 Å². The first-order chi connectivity index (χ1) is 10.2. The monoisotopic (exact) mass is 316 g/mol. The van der Waals surface area contributed by atoms with Gasteiger partial charge in [-0.2, -0.15) is 0 Å². The van der Waals surface area contributed by atoms with Gasteiger partial charge in [0.25, 0.3) is 0 Å². The van der Waals surface area contributed by atoms with Crippen molar-refractivity contribution in [1.82, 2.24) is 0 Å². The van der Waals surface area contributed by atoms with Crippen molar-refractivity contribution in [3.05, 3.63) is 77.8 Å². The van der Waals surface area contributed by atoms with E-state index < -0.39 is 0 Å². The van der Waals surface area contributed by atoms with Crippen LogP contribution in [0.15, 0.2) is 72.1 Å². The Morgan fingerprint density at radius 1 is 1.14 bits per heavy atom. The van der Waals surface area contributed by atoms with Gasteiger partial charge >= 0.3 is 0 Å². The van der Waals surface area contributed by atoms with Crippen LogP contribution in [0.25, 0.3) is 0 Å². The van der Waals surface area contributed by atoms with Crippen molar-refractivity contribution < 1.29 is 4.79 Å². The predicted molar refractivity (Wildman–Crippen MR) is 90.9 cm³/mol. The van der Waals surface area contributed by atoms with Crippen LogP contribution in [0.2, 0.25) is 5.02 Å². The molecule has 1 unspecified atom stereocenters. The number of rotatable bonds is 7. The Bertz CT molecular complexity index is 592. The number of allylic oxidation sites excluding steroid dienone is 1. The number of carbonyl (C=O) groups excluding carboxylic acids is 1. The fraction of sp³-hybridized carbons (Fsp3) is 0.167. The molecular formula is C18H17ClOS. The summed E-state index contributed by atoms with van der Waals surface area (Å²) in [6.45, 7) is 3.68. The van der Waals surface area contributed by atoms with E-state index in [1.807, 2.05) is 54.6 Å². The number of hydrogen-bond donors (Lipinski definition) is 0. The summed E-state index contributed by atoms with van der Waals surface area (Å²) in [6.07, 6.45) is 3.00. The van der Waals surface area contributed by atoms with Crippen molar-refractivity contribution in [2.75, 3.05) is 0 Å². The molecule has 0 aliphatic carbocycles. The van der Waals surface area contributed by atoms with Gasteiger partial charge in [0.05, 0.1) is 5.25 Å². The van der Waals surface area contributed by atoms with Gasteiger partial charge in [0.15, 0.2) is 5.78 Å². The summed E-state index contributed by atoms with van der Waals surface area (Å²) in [4.78, 5) is 13.6. The molecule has 0 aliphatic heterocycles. The molecule has 0 aliphatic rings. The molecule has 0 aromatic heterocycles. The predicted octanol–water partition coefficient (Wildman–Crippen LogP) is 5.71. The molecule has 3 heteroatoms. The second kappa shape index (κ2) is 8.06. The van der Waals surface area contributed by atoms with Gasteiger partial charge in [0.2, 0.25) is 0 Å². The van der Waals surface area contributed by atoms with E-state index >= 15 is 0 Å². The van der Waals surface area contributed by atoms with Crippen LogP contribution in [0, 0.1) is 0 Å². The van der Waals surface area contributed by atoms with Gasteiger partial charge in [-0.15, -0.1) is 18.3 Å². The average molecular weight is 317 g/mol. The molecule has 2 aromatic rings. The van der Waals surface area contributed by atoms with E-state index in [2.05, 4.69) is 6.58 Å². The smallest absolute Gasteiger partial charge is 0.150 e. The van der Waals surface area contributed by atoms with Gasteiger partial charge in [-0.1, -0.05) is 48.0 Å². The largest absolute Gasteiger partial charge is 0.298 e. The molecule has 2 rings (SSSR count). The zero-order valence-electron chi connectivity index (χ0n) is 11.7. The number of hydrogen-bond acceptors (Lipinski definition) is 2. The number of Topliss-reactive ketones (excluding diaryl/α,β-unsaturated/α-hetero) is 1. The van der Waals surface area contributed by atoms with Crippen LogP contribution in [-0.4, -0.2) is 5.78 Å². The lowest BCUT2D eigenvalue weighted by atomic mass is 10.1. The molecule has 108 valence electrons. The first-order valence-corrected chi connectivity index (χ1v) is 8.07. The standard InChI is InChI=1S/C18H17ClOS/c1-2-3-9-17(20)18(14-10-12-15(19)13-11-14)21-16-7-5-4-6-8-16/h2,4-8,10-13,18H,1,3,9H2. The topological polar surface area (TPSA) is 17.1 Å². The number of ketones is 1. The molecule has 0 amide bonds. The van der Waals surface area contributed by atoms with Crippen LogP contribution in [-0.2, 0) is 4.79 Å². The summed E-state index contributed by atoms with van der Waals surface area (Å²) >= 11 is 7.51. The van der Waals surface area contributed by atoms with E-state index in [1.54, 1.807) is 17.8 Å². The molecule has 0 fully saturated rings. The maximum atomic E-state index is 12.5. The minimum Gasteiger partial charge on any atom is -0.298 e. The normalized spacial score (nSPS) is 11.9. The second-order valence-corrected chi connectivity index (χ2v) is 6.27. The fourth-order valence-corrected chi connectivity index (χ4v) is 3.22. The van der Waals surface area contributed by atoms with Crippen LogP contribution in [0.4, 0.5) is 0 Å². The summed E-state index contributed by atoms with van der Waals surface area (Å²) in [5, 5.41) is 0.477. The molecule has 0 N–H and O–H groups in total. The Hall–Kier alpha value is -1.51. The quantitative estimate of drug-likeness (QED) is 0.481. The van der Waals surface area contributed by atoms with Gasteiger partial charge in [-0.05, 0) is 36.2 Å². The lowest BCUT2D eigenvalue weighted by Gasteiger charge is -2.16. The first-order valence-electron chi connectivity index (χ1n) is 6.81.